The van der Waals surface area contributed by atoms with Crippen LogP contribution >= 0.6 is 0 Å². The second-order valence-corrected chi connectivity index (χ2v) is 5.76. The van der Waals surface area contributed by atoms with Gasteiger partial charge in [-0.2, -0.15) is 0 Å². The van der Waals surface area contributed by atoms with Crippen molar-refractivity contribution in [2.45, 2.75) is 32.2 Å². The number of nitrogens with one attached hydrogen (secondary N) is 1. The SMILES string of the molecule is CCOC(=O)CCS(=O)(=O)N[C@H](CCC(N)=O)C(=O)O. The van der Waals surface area contributed by atoms with Crippen LogP contribution in [0.5, 0.6) is 0 Å². The Morgan fingerprint density at radius 2 is 1.90 bits per heavy atom. The molecule has 1 atom stereocenters. The topological polar surface area (TPSA) is 153 Å². The minimum atomic E-state index is -3.97. The number of carboxylic acid groups (broad SMARTS) is 1. The lowest BCUT2D eigenvalue weighted by molar-refractivity contribution is -0.142. The third-order valence-corrected chi connectivity index (χ3v) is 3.56. The maximum absolute atomic E-state index is 11.6. The van der Waals surface area contributed by atoms with Crippen LogP contribution in [0.25, 0.3) is 0 Å². The minimum Gasteiger partial charge on any atom is -0.480 e. The van der Waals surface area contributed by atoms with Crippen LogP contribution in [0.2, 0.25) is 0 Å². The fourth-order valence-corrected chi connectivity index (χ4v) is 2.45. The third-order valence-electron chi connectivity index (χ3n) is 2.18. The van der Waals surface area contributed by atoms with E-state index in [2.05, 4.69) is 4.74 Å². The summed E-state index contributed by atoms with van der Waals surface area (Å²) in [5.74, 6) is -3.44. The van der Waals surface area contributed by atoms with Crippen LogP contribution in [0.3, 0.4) is 0 Å². The average Bonchev–Trinajstić information content (AvgIpc) is 2.32. The van der Waals surface area contributed by atoms with Gasteiger partial charge in [0.15, 0.2) is 0 Å². The van der Waals surface area contributed by atoms with Gasteiger partial charge in [-0.15, -0.1) is 0 Å². The molecular formula is C10H18N2O7S. The van der Waals surface area contributed by atoms with Gasteiger partial charge in [0.1, 0.15) is 6.04 Å². The molecule has 0 heterocycles. The molecular weight excluding hydrogens is 292 g/mol. The zero-order valence-corrected chi connectivity index (χ0v) is 11.8. The van der Waals surface area contributed by atoms with E-state index in [0.29, 0.717) is 0 Å². The van der Waals surface area contributed by atoms with Crippen LogP contribution in [0, 0.1) is 0 Å². The number of hydrogen-bond donors (Lipinski definition) is 3. The summed E-state index contributed by atoms with van der Waals surface area (Å²) < 4.78 is 29.7. The number of amides is 1. The van der Waals surface area contributed by atoms with Crippen LogP contribution in [0.15, 0.2) is 0 Å². The van der Waals surface area contributed by atoms with E-state index in [9.17, 15) is 22.8 Å². The molecule has 0 bridgehead atoms. The van der Waals surface area contributed by atoms with E-state index in [1.165, 1.54) is 0 Å². The molecule has 0 saturated carbocycles. The Morgan fingerprint density at radius 3 is 2.35 bits per heavy atom. The first-order chi connectivity index (χ1) is 9.18. The van der Waals surface area contributed by atoms with Gasteiger partial charge in [-0.3, -0.25) is 14.4 Å². The van der Waals surface area contributed by atoms with Crippen LogP contribution in [0.1, 0.15) is 26.2 Å². The number of nitrogens with two attached hydrogens (primary N) is 1. The number of esters is 1. The lowest BCUT2D eigenvalue weighted by Crippen LogP contribution is -2.42. The van der Waals surface area contributed by atoms with Gasteiger partial charge in [0.25, 0.3) is 0 Å². The van der Waals surface area contributed by atoms with Crippen molar-refractivity contribution >= 4 is 27.9 Å². The lowest BCUT2D eigenvalue weighted by Gasteiger charge is -2.13. The molecule has 0 rings (SSSR count). The van der Waals surface area contributed by atoms with E-state index in [-0.39, 0.29) is 25.9 Å². The van der Waals surface area contributed by atoms with E-state index in [1.54, 1.807) is 6.92 Å². The van der Waals surface area contributed by atoms with Crippen LogP contribution in [-0.2, 0) is 29.1 Å². The van der Waals surface area contributed by atoms with E-state index >= 15 is 0 Å². The zero-order valence-electron chi connectivity index (χ0n) is 11.0. The smallest absolute Gasteiger partial charge is 0.321 e. The Morgan fingerprint density at radius 1 is 1.30 bits per heavy atom. The van der Waals surface area contributed by atoms with Crippen LogP contribution in [0.4, 0.5) is 0 Å². The number of ether oxygens (including phenoxy) is 1. The van der Waals surface area contributed by atoms with Gasteiger partial charge >= 0.3 is 11.9 Å². The molecule has 0 saturated heterocycles. The molecule has 0 aromatic rings. The summed E-state index contributed by atoms with van der Waals surface area (Å²) in [5, 5.41) is 8.84. The van der Waals surface area contributed by atoms with Gasteiger partial charge in [0, 0.05) is 6.42 Å². The molecule has 0 aliphatic heterocycles. The highest BCUT2D eigenvalue weighted by Crippen LogP contribution is 2.02. The molecule has 20 heavy (non-hydrogen) atoms. The summed E-state index contributed by atoms with van der Waals surface area (Å²) in [4.78, 5) is 32.5. The van der Waals surface area contributed by atoms with E-state index in [1.807, 2.05) is 4.72 Å². The van der Waals surface area contributed by atoms with Crippen molar-refractivity contribution < 1.29 is 32.6 Å². The van der Waals surface area contributed by atoms with Gasteiger partial charge in [0.05, 0.1) is 18.8 Å². The number of primary amides is 1. The number of carboxylic acids is 1. The first-order valence-corrected chi connectivity index (χ1v) is 7.50. The van der Waals surface area contributed by atoms with Gasteiger partial charge in [-0.05, 0) is 13.3 Å². The van der Waals surface area contributed by atoms with Crippen molar-refractivity contribution in [2.75, 3.05) is 12.4 Å². The highest BCUT2D eigenvalue weighted by atomic mass is 32.2. The molecule has 1 amide bonds. The first-order valence-electron chi connectivity index (χ1n) is 5.84. The number of carbonyl (C=O) groups is 3. The van der Waals surface area contributed by atoms with Gasteiger partial charge in [-0.25, -0.2) is 13.1 Å². The Bertz CT molecular complexity index is 460. The van der Waals surface area contributed by atoms with Gasteiger partial charge in [-0.1, -0.05) is 0 Å². The van der Waals surface area contributed by atoms with Crippen molar-refractivity contribution in [3.8, 4) is 0 Å². The monoisotopic (exact) mass is 310 g/mol. The summed E-state index contributed by atoms with van der Waals surface area (Å²) in [6.45, 7) is 1.71. The molecule has 0 aliphatic carbocycles. The summed E-state index contributed by atoms with van der Waals surface area (Å²) in [6.07, 6.45) is -0.911. The fraction of sp³-hybridized carbons (Fsp3) is 0.700. The maximum Gasteiger partial charge on any atom is 0.321 e. The molecule has 116 valence electrons. The Labute approximate surface area is 116 Å². The molecule has 0 aromatic carbocycles. The highest BCUT2D eigenvalue weighted by molar-refractivity contribution is 7.89. The Kier molecular flexibility index (Phi) is 7.77. The molecule has 9 nitrogen and oxygen atoms in total. The predicted molar refractivity (Wildman–Crippen MR) is 68.0 cm³/mol. The van der Waals surface area contributed by atoms with E-state index in [0.717, 1.165) is 0 Å². The van der Waals surface area contributed by atoms with Crippen molar-refractivity contribution in [1.82, 2.24) is 4.72 Å². The lowest BCUT2D eigenvalue weighted by atomic mass is 10.2. The normalized spacial score (nSPS) is 12.7. The molecule has 0 spiro atoms. The maximum atomic E-state index is 11.6. The second-order valence-electron chi connectivity index (χ2n) is 3.89. The molecule has 0 aliphatic rings. The van der Waals surface area contributed by atoms with Crippen molar-refractivity contribution in [2.24, 2.45) is 5.73 Å². The Hall–Kier alpha value is -1.68. The minimum absolute atomic E-state index is 0.128. The van der Waals surface area contributed by atoms with Gasteiger partial charge in [0.2, 0.25) is 15.9 Å². The van der Waals surface area contributed by atoms with Crippen LogP contribution < -0.4 is 10.5 Å². The molecule has 4 N–H and O–H groups in total. The van der Waals surface area contributed by atoms with Gasteiger partial charge < -0.3 is 15.6 Å². The average molecular weight is 310 g/mol. The van der Waals surface area contributed by atoms with E-state index < -0.39 is 39.7 Å². The van der Waals surface area contributed by atoms with Crippen molar-refractivity contribution in [1.29, 1.82) is 0 Å². The molecule has 0 unspecified atom stereocenters. The zero-order chi connectivity index (χ0) is 15.8. The second kappa shape index (κ2) is 8.48. The van der Waals surface area contributed by atoms with Crippen molar-refractivity contribution in [3.63, 3.8) is 0 Å². The summed E-state index contributed by atoms with van der Waals surface area (Å²) in [5.41, 5.74) is 4.87. The number of carbonyl (C=O) groups excluding carboxylic acids is 2. The predicted octanol–water partition coefficient (Wildman–Crippen LogP) is -1.42. The molecule has 0 aromatic heterocycles. The number of sulfonamides is 1. The largest absolute Gasteiger partial charge is 0.480 e. The quantitative estimate of drug-likeness (QED) is 0.418. The van der Waals surface area contributed by atoms with E-state index in [4.69, 9.17) is 10.8 Å². The number of rotatable bonds is 10. The van der Waals surface area contributed by atoms with Crippen molar-refractivity contribution in [3.05, 3.63) is 0 Å². The third kappa shape index (κ3) is 8.43. The number of aliphatic carboxylic acids is 1. The molecule has 10 heteroatoms. The molecule has 0 radical (unpaired) electrons. The Balaban J connectivity index is 4.48. The number of hydrogen-bond acceptors (Lipinski definition) is 6. The standard InChI is InChI=1S/C10H18N2O7S/c1-2-19-9(14)5-6-20(17,18)12-7(10(15)16)3-4-8(11)13/h7,12H,2-6H2,1H3,(H2,11,13)(H,15,16)/t7-/m1/s1. The summed E-state index contributed by atoms with van der Waals surface area (Å²) in [6, 6.07) is -1.46. The summed E-state index contributed by atoms with van der Waals surface area (Å²) in [7, 11) is -3.97. The fourth-order valence-electron chi connectivity index (χ4n) is 1.25. The highest BCUT2D eigenvalue weighted by Gasteiger charge is 2.25. The molecule has 0 fully saturated rings. The summed E-state index contributed by atoms with van der Waals surface area (Å²) >= 11 is 0. The van der Waals surface area contributed by atoms with Crippen LogP contribution in [-0.4, -0.2) is 49.8 Å². The first kappa shape index (κ1) is 18.3.